The van der Waals surface area contributed by atoms with Gasteiger partial charge in [-0.3, -0.25) is 10.0 Å². The predicted molar refractivity (Wildman–Crippen MR) is 121 cm³/mol. The molecule has 5 nitrogen and oxygen atoms in total. The van der Waals surface area contributed by atoms with Crippen molar-refractivity contribution in [3.63, 3.8) is 0 Å². The number of hydrogen-bond donors (Lipinski definition) is 2. The van der Waals surface area contributed by atoms with E-state index in [9.17, 15) is 23.2 Å². The highest BCUT2D eigenvalue weighted by Gasteiger charge is 2.48. The molecule has 0 spiro atoms. The Hall–Kier alpha value is -2.17. The van der Waals surface area contributed by atoms with Gasteiger partial charge in [-0.2, -0.15) is 40.9 Å². The third-order valence-electron chi connectivity index (χ3n) is 6.11. The van der Waals surface area contributed by atoms with Crippen LogP contribution in [0.1, 0.15) is 48.4 Å². The number of carbonyl (C=O) groups excluding carboxylic acids is 1. The summed E-state index contributed by atoms with van der Waals surface area (Å²) >= 11 is 0. The first-order chi connectivity index (χ1) is 13.9. The zero-order valence-electron chi connectivity index (χ0n) is 16.7. The molecule has 0 bridgehead atoms. The van der Waals surface area contributed by atoms with Crippen molar-refractivity contribution < 1.29 is 23.2 Å². The first-order valence-corrected chi connectivity index (χ1v) is 9.33. The summed E-state index contributed by atoms with van der Waals surface area (Å²) < 4.78 is 41.2. The van der Waals surface area contributed by atoms with Gasteiger partial charge in [0.1, 0.15) is 5.82 Å². The van der Waals surface area contributed by atoms with Crippen LogP contribution in [0.3, 0.4) is 0 Å². The summed E-state index contributed by atoms with van der Waals surface area (Å²) in [7, 11) is 0. The van der Waals surface area contributed by atoms with Crippen LogP contribution in [0.25, 0.3) is 10.9 Å². The number of hydroxylamine groups is 1. The van der Waals surface area contributed by atoms with Gasteiger partial charge in [0, 0.05) is 5.39 Å². The average Bonchev–Trinajstić information content (AvgIpc) is 3.34. The summed E-state index contributed by atoms with van der Waals surface area (Å²) in [6, 6.07) is 9.82. The average molecular weight is 472 g/mol. The van der Waals surface area contributed by atoms with Crippen molar-refractivity contribution in [3.05, 3.63) is 65.1 Å². The summed E-state index contributed by atoms with van der Waals surface area (Å²) in [5, 5.41) is 13.7. The Labute approximate surface area is 191 Å². The zero-order chi connectivity index (χ0) is 20.8. The Bertz CT molecular complexity index is 1090. The first-order valence-electron chi connectivity index (χ1n) is 9.33. The van der Waals surface area contributed by atoms with E-state index in [0.29, 0.717) is 46.0 Å². The fourth-order valence-corrected chi connectivity index (χ4v) is 4.60. The molecule has 3 aromatic rings. The first kappa shape index (κ1) is 25.1. The van der Waals surface area contributed by atoms with Crippen molar-refractivity contribution in [1.29, 1.82) is 0 Å². The molecule has 1 aromatic heterocycles. The number of nitrogens with one attached hydrogen (secondary N) is 1. The predicted octanol–water partition coefficient (Wildman–Crippen LogP) is 4.82. The Morgan fingerprint density at radius 1 is 1.29 bits per heavy atom. The van der Waals surface area contributed by atoms with Crippen LogP contribution in [0.4, 0.5) is 13.2 Å². The molecule has 0 aliphatic heterocycles. The topological polar surface area (TPSA) is 67.2 Å². The van der Waals surface area contributed by atoms with Gasteiger partial charge in [0.2, 0.25) is 0 Å². The normalized spacial score (nSPS) is 20.4. The molecule has 2 atom stereocenters. The van der Waals surface area contributed by atoms with E-state index in [-0.39, 0.29) is 32.9 Å². The highest BCUT2D eigenvalue weighted by molar-refractivity contribution is 7.59. The maximum absolute atomic E-state index is 14.2. The lowest BCUT2D eigenvalue weighted by Gasteiger charge is -2.29. The molecule has 1 aliphatic rings. The van der Waals surface area contributed by atoms with Crippen molar-refractivity contribution in [2.24, 2.45) is 0 Å². The van der Waals surface area contributed by atoms with E-state index < -0.39 is 23.7 Å². The molecule has 31 heavy (non-hydrogen) atoms. The number of alkyl halides is 2. The second-order valence-corrected chi connectivity index (χ2v) is 7.56. The fraction of sp³-hybridized carbons (Fsp3) is 0.333. The lowest BCUT2D eigenvalue weighted by atomic mass is 9.75. The lowest BCUT2D eigenvalue weighted by Crippen LogP contribution is -2.42. The minimum atomic E-state index is -2.75. The summed E-state index contributed by atoms with van der Waals surface area (Å²) in [6.45, 7) is -1.14. The molecular weight excluding hydrogens is 447 g/mol. The summed E-state index contributed by atoms with van der Waals surface area (Å²) in [6.07, 6.45) is 2.72. The van der Waals surface area contributed by atoms with E-state index in [1.165, 1.54) is 12.3 Å². The van der Waals surface area contributed by atoms with Crippen molar-refractivity contribution in [2.75, 3.05) is 0 Å². The Morgan fingerprint density at radius 3 is 2.71 bits per heavy atom. The minimum absolute atomic E-state index is 0. The fourth-order valence-electron chi connectivity index (χ4n) is 4.60. The smallest absolute Gasteiger partial charge is 0.289 e. The van der Waals surface area contributed by atoms with E-state index in [0.717, 1.165) is 5.56 Å². The van der Waals surface area contributed by atoms with Gasteiger partial charge in [-0.25, -0.2) is 14.6 Å². The van der Waals surface area contributed by atoms with Crippen molar-refractivity contribution >= 4 is 43.8 Å². The van der Waals surface area contributed by atoms with Gasteiger partial charge in [-0.15, -0.1) is 0 Å². The minimum Gasteiger partial charge on any atom is -0.289 e. The quantitative estimate of drug-likeness (QED) is 0.424. The number of rotatable bonds is 4. The van der Waals surface area contributed by atoms with Gasteiger partial charge in [-0.05, 0) is 60.9 Å². The Morgan fingerprint density at radius 2 is 2.03 bits per heavy atom. The number of carbonyl (C=O) groups is 1. The van der Waals surface area contributed by atoms with Crippen molar-refractivity contribution in [3.8, 4) is 0 Å². The number of hydrogen-bond acceptors (Lipinski definition) is 3. The second kappa shape index (κ2) is 9.54. The highest BCUT2D eigenvalue weighted by Crippen LogP contribution is 2.50. The molecule has 1 saturated carbocycles. The molecule has 1 amide bonds. The number of halogens is 3. The zero-order valence-corrected chi connectivity index (χ0v) is 18.7. The van der Waals surface area contributed by atoms with Crippen LogP contribution in [0.5, 0.6) is 0 Å². The van der Waals surface area contributed by atoms with Crippen LogP contribution >= 0.6 is 27.0 Å². The molecule has 168 valence electrons. The van der Waals surface area contributed by atoms with E-state index in [4.69, 9.17) is 0 Å². The van der Waals surface area contributed by atoms with Gasteiger partial charge in [0.15, 0.2) is 0 Å². The third kappa shape index (κ3) is 4.16. The van der Waals surface area contributed by atoms with Gasteiger partial charge >= 0.3 is 6.55 Å². The van der Waals surface area contributed by atoms with Crippen LogP contribution in [0.2, 0.25) is 0 Å². The maximum Gasteiger partial charge on any atom is 0.333 e. The van der Waals surface area contributed by atoms with E-state index in [1.54, 1.807) is 36.7 Å². The van der Waals surface area contributed by atoms with Gasteiger partial charge < -0.3 is 0 Å². The van der Waals surface area contributed by atoms with Crippen LogP contribution in [-0.4, -0.2) is 20.9 Å². The molecule has 2 aromatic carbocycles. The molecule has 1 fully saturated rings. The summed E-state index contributed by atoms with van der Waals surface area (Å²) in [5.41, 5.74) is 2.67. The van der Waals surface area contributed by atoms with Crippen molar-refractivity contribution in [2.45, 2.75) is 44.1 Å². The van der Waals surface area contributed by atoms with Crippen LogP contribution in [-0.2, 0) is 10.2 Å². The number of fused-ring (bicyclic) bond motifs is 1. The molecular formula is C21H24F3N3O2S2. The molecule has 0 radical (unpaired) electrons. The lowest BCUT2D eigenvalue weighted by molar-refractivity contribution is -0.135. The number of amides is 1. The van der Waals surface area contributed by atoms with Crippen LogP contribution < -0.4 is 5.48 Å². The van der Waals surface area contributed by atoms with Gasteiger partial charge in [0.25, 0.3) is 5.91 Å². The highest BCUT2D eigenvalue weighted by atomic mass is 32.1. The molecule has 1 heterocycles. The number of benzene rings is 2. The molecule has 0 saturated heterocycles. The SMILES string of the molecule is Cc1c(F)cccc1[C@]1(C(=O)NO)CC[C@H](c2ccc3cnn(C(F)F)c3c2)C1.S.S. The molecule has 0 unspecified atom stereocenters. The summed E-state index contributed by atoms with van der Waals surface area (Å²) in [5.74, 6) is -1.12. The van der Waals surface area contributed by atoms with Crippen LogP contribution in [0.15, 0.2) is 42.6 Å². The number of aromatic nitrogens is 2. The number of nitrogens with zero attached hydrogens (tertiary/aromatic N) is 2. The Balaban J connectivity index is 0.00000171. The summed E-state index contributed by atoms with van der Waals surface area (Å²) in [4.78, 5) is 12.7. The second-order valence-electron chi connectivity index (χ2n) is 7.56. The Kier molecular flexibility index (Phi) is 7.72. The molecule has 4 rings (SSSR count). The van der Waals surface area contributed by atoms with Crippen LogP contribution in [0, 0.1) is 12.7 Å². The van der Waals surface area contributed by atoms with Gasteiger partial charge in [0.05, 0.1) is 17.1 Å². The van der Waals surface area contributed by atoms with Gasteiger partial charge in [-0.1, -0.05) is 24.3 Å². The molecule has 2 N–H and O–H groups in total. The van der Waals surface area contributed by atoms with Crippen molar-refractivity contribution in [1.82, 2.24) is 15.3 Å². The molecule has 10 heteroatoms. The van der Waals surface area contributed by atoms with E-state index >= 15 is 0 Å². The standard InChI is InChI=1S/C21H20F3N3O2.2H2S/c1-12-16(3-2-4-17(12)22)21(19(28)26-29)8-7-14(10-21)13-5-6-15-11-25-27(20(23)24)18(15)9-13;;/h2-6,9,11,14,20,29H,7-8,10H2,1H3,(H,26,28);2*1H2/t14-,21-;;/m0../s1. The molecule has 1 aliphatic carbocycles. The van der Waals surface area contributed by atoms with E-state index in [1.807, 2.05) is 6.07 Å². The maximum atomic E-state index is 14.2. The third-order valence-corrected chi connectivity index (χ3v) is 6.11. The largest absolute Gasteiger partial charge is 0.333 e. The van der Waals surface area contributed by atoms with E-state index in [2.05, 4.69) is 5.10 Å². The monoisotopic (exact) mass is 471 g/mol.